The van der Waals surface area contributed by atoms with E-state index in [1.54, 1.807) is 4.90 Å². The van der Waals surface area contributed by atoms with Gasteiger partial charge in [-0.25, -0.2) is 4.79 Å². The van der Waals surface area contributed by atoms with Crippen molar-refractivity contribution in [3.63, 3.8) is 0 Å². The van der Waals surface area contributed by atoms with Gasteiger partial charge in [0, 0.05) is 32.1 Å². The van der Waals surface area contributed by atoms with Gasteiger partial charge < -0.3 is 15.1 Å². The van der Waals surface area contributed by atoms with Crippen molar-refractivity contribution in [2.75, 3.05) is 26.2 Å². The van der Waals surface area contributed by atoms with Gasteiger partial charge >= 0.3 is 6.03 Å². The van der Waals surface area contributed by atoms with Crippen molar-refractivity contribution < 1.29 is 4.79 Å². The molecule has 2 atom stereocenters. The second-order valence-corrected chi connectivity index (χ2v) is 5.82. The zero-order valence-corrected chi connectivity index (χ0v) is 12.0. The number of carbonyl (C=O) groups excluding carboxylic acids is 1. The Morgan fingerprint density at radius 3 is 2.71 bits per heavy atom. The molecule has 0 aliphatic carbocycles. The van der Waals surface area contributed by atoms with Gasteiger partial charge in [0.2, 0.25) is 0 Å². The number of urea groups is 1. The normalized spacial score (nSPS) is 24.9. The molecule has 2 aliphatic heterocycles. The van der Waals surface area contributed by atoms with E-state index >= 15 is 0 Å². The van der Waals surface area contributed by atoms with E-state index < -0.39 is 0 Å². The summed E-state index contributed by atoms with van der Waals surface area (Å²) in [5.74, 6) is 0.441. The van der Waals surface area contributed by atoms with E-state index in [4.69, 9.17) is 5.26 Å². The van der Waals surface area contributed by atoms with Crippen LogP contribution in [0.5, 0.6) is 0 Å². The largest absolute Gasteiger partial charge is 0.333 e. The molecule has 1 N–H and O–H groups in total. The summed E-state index contributed by atoms with van der Waals surface area (Å²) in [5.41, 5.74) is 1.31. The zero-order chi connectivity index (χ0) is 14.7. The molecule has 2 amide bonds. The Hall–Kier alpha value is -2.22. The molecule has 0 radical (unpaired) electrons. The molecule has 0 saturated carbocycles. The van der Waals surface area contributed by atoms with Gasteiger partial charge in [-0.2, -0.15) is 5.26 Å². The Kier molecular flexibility index (Phi) is 3.96. The van der Waals surface area contributed by atoms with E-state index in [0.29, 0.717) is 12.5 Å². The average molecular weight is 284 g/mol. The number of nitrogens with one attached hydrogen (secondary N) is 1. The third-order valence-corrected chi connectivity index (χ3v) is 4.40. The fraction of sp³-hybridized carbons (Fsp3) is 0.500. The van der Waals surface area contributed by atoms with E-state index in [2.05, 4.69) is 23.6 Å². The van der Waals surface area contributed by atoms with Crippen LogP contribution in [0.2, 0.25) is 0 Å². The monoisotopic (exact) mass is 284 g/mol. The molecule has 2 aliphatic rings. The van der Waals surface area contributed by atoms with E-state index in [0.717, 1.165) is 32.5 Å². The van der Waals surface area contributed by atoms with Crippen LogP contribution in [0.3, 0.4) is 0 Å². The first-order valence-electron chi connectivity index (χ1n) is 7.51. The molecule has 2 heterocycles. The number of nitrogens with zero attached hydrogens (tertiary/aromatic N) is 3. The fourth-order valence-electron chi connectivity index (χ4n) is 3.18. The molecule has 2 fully saturated rings. The molecule has 0 spiro atoms. The number of hydrogen-bond donors (Lipinski definition) is 1. The second kappa shape index (κ2) is 6.04. The van der Waals surface area contributed by atoms with Gasteiger partial charge in [0.1, 0.15) is 0 Å². The minimum Gasteiger partial charge on any atom is -0.333 e. The van der Waals surface area contributed by atoms with Crippen molar-refractivity contribution in [3.05, 3.63) is 35.9 Å². The maximum Gasteiger partial charge on any atom is 0.317 e. The first-order chi connectivity index (χ1) is 10.3. The lowest BCUT2D eigenvalue weighted by Gasteiger charge is -2.20. The Morgan fingerprint density at radius 2 is 2.00 bits per heavy atom. The number of nitriles is 1. The van der Waals surface area contributed by atoms with Gasteiger partial charge in [-0.15, -0.1) is 0 Å². The number of amides is 2. The number of hydrogen-bond acceptors (Lipinski definition) is 3. The summed E-state index contributed by atoms with van der Waals surface area (Å²) in [5, 5.41) is 11.9. The summed E-state index contributed by atoms with van der Waals surface area (Å²) in [6, 6.07) is 10.5. The molecule has 5 nitrogen and oxygen atoms in total. The van der Waals surface area contributed by atoms with Crippen LogP contribution >= 0.6 is 0 Å². The van der Waals surface area contributed by atoms with Gasteiger partial charge in [-0.05, 0) is 18.4 Å². The summed E-state index contributed by atoms with van der Waals surface area (Å²) in [7, 11) is 0. The number of benzene rings is 1. The van der Waals surface area contributed by atoms with Gasteiger partial charge in [0.05, 0.1) is 6.04 Å². The molecule has 2 saturated heterocycles. The van der Waals surface area contributed by atoms with Crippen LogP contribution in [-0.2, 0) is 0 Å². The van der Waals surface area contributed by atoms with Gasteiger partial charge in [0.15, 0.2) is 6.19 Å². The maximum atomic E-state index is 12.3. The standard InChI is InChI=1S/C16H20N4O/c17-12-19-8-7-15(11-19)18-16(21)20-9-6-14(10-20)13-4-2-1-3-5-13/h1-5,14-15H,6-11H2,(H,18,21). The Bertz CT molecular complexity index is 539. The molecule has 3 rings (SSSR count). The fourth-order valence-corrected chi connectivity index (χ4v) is 3.18. The topological polar surface area (TPSA) is 59.4 Å². The van der Waals surface area contributed by atoms with Crippen molar-refractivity contribution >= 4 is 6.03 Å². The molecule has 1 aromatic rings. The molecule has 0 bridgehead atoms. The maximum absolute atomic E-state index is 12.3. The summed E-state index contributed by atoms with van der Waals surface area (Å²) in [6.45, 7) is 2.97. The third kappa shape index (κ3) is 3.10. The number of rotatable bonds is 2. The summed E-state index contributed by atoms with van der Waals surface area (Å²) in [4.78, 5) is 15.9. The molecule has 0 aromatic heterocycles. The highest BCUT2D eigenvalue weighted by atomic mass is 16.2. The van der Waals surface area contributed by atoms with E-state index in [1.165, 1.54) is 5.56 Å². The van der Waals surface area contributed by atoms with Crippen molar-refractivity contribution in [2.24, 2.45) is 0 Å². The lowest BCUT2D eigenvalue weighted by Crippen LogP contribution is -2.44. The predicted molar refractivity (Wildman–Crippen MR) is 79.5 cm³/mol. The first kappa shape index (κ1) is 13.7. The molecule has 110 valence electrons. The van der Waals surface area contributed by atoms with Crippen molar-refractivity contribution in [3.8, 4) is 6.19 Å². The Labute approximate surface area is 125 Å². The summed E-state index contributed by atoms with van der Waals surface area (Å²) < 4.78 is 0. The lowest BCUT2D eigenvalue weighted by atomic mass is 9.99. The SMILES string of the molecule is N#CN1CCC(NC(=O)N2CCC(c3ccccc3)C2)C1. The lowest BCUT2D eigenvalue weighted by molar-refractivity contribution is 0.204. The van der Waals surface area contributed by atoms with Gasteiger partial charge in [-0.1, -0.05) is 30.3 Å². The highest BCUT2D eigenvalue weighted by Crippen LogP contribution is 2.26. The first-order valence-corrected chi connectivity index (χ1v) is 7.51. The van der Waals surface area contributed by atoms with Crippen LogP contribution in [-0.4, -0.2) is 48.1 Å². The van der Waals surface area contributed by atoms with Crippen LogP contribution < -0.4 is 5.32 Å². The molecular formula is C16H20N4O. The van der Waals surface area contributed by atoms with Crippen LogP contribution in [0.15, 0.2) is 30.3 Å². The number of likely N-dealkylation sites (tertiary alicyclic amines) is 2. The van der Waals surface area contributed by atoms with Crippen molar-refractivity contribution in [1.29, 1.82) is 5.26 Å². The number of carbonyl (C=O) groups is 1. The van der Waals surface area contributed by atoms with Crippen molar-refractivity contribution in [1.82, 2.24) is 15.1 Å². The van der Waals surface area contributed by atoms with E-state index in [9.17, 15) is 4.79 Å². The molecule has 21 heavy (non-hydrogen) atoms. The molecule has 5 heteroatoms. The molecular weight excluding hydrogens is 264 g/mol. The third-order valence-electron chi connectivity index (χ3n) is 4.40. The van der Waals surface area contributed by atoms with Crippen LogP contribution in [0, 0.1) is 11.5 Å². The predicted octanol–water partition coefficient (Wildman–Crippen LogP) is 1.74. The Morgan fingerprint density at radius 1 is 1.19 bits per heavy atom. The van der Waals surface area contributed by atoms with E-state index in [-0.39, 0.29) is 12.1 Å². The summed E-state index contributed by atoms with van der Waals surface area (Å²) >= 11 is 0. The van der Waals surface area contributed by atoms with Gasteiger partial charge in [0.25, 0.3) is 0 Å². The van der Waals surface area contributed by atoms with E-state index in [1.807, 2.05) is 23.1 Å². The zero-order valence-electron chi connectivity index (χ0n) is 12.0. The Balaban J connectivity index is 1.52. The van der Waals surface area contributed by atoms with Crippen LogP contribution in [0.1, 0.15) is 24.3 Å². The average Bonchev–Trinajstić information content (AvgIpc) is 3.17. The van der Waals surface area contributed by atoms with Crippen LogP contribution in [0.4, 0.5) is 4.79 Å². The minimum absolute atomic E-state index is 0.0122. The second-order valence-electron chi connectivity index (χ2n) is 5.82. The quantitative estimate of drug-likeness (QED) is 0.842. The highest BCUT2D eigenvalue weighted by molar-refractivity contribution is 5.75. The van der Waals surface area contributed by atoms with Crippen LogP contribution in [0.25, 0.3) is 0 Å². The highest BCUT2D eigenvalue weighted by Gasteiger charge is 2.30. The van der Waals surface area contributed by atoms with Crippen molar-refractivity contribution in [2.45, 2.75) is 24.8 Å². The molecule has 2 unspecified atom stereocenters. The van der Waals surface area contributed by atoms with Gasteiger partial charge in [-0.3, -0.25) is 0 Å². The molecule has 1 aromatic carbocycles. The smallest absolute Gasteiger partial charge is 0.317 e. The minimum atomic E-state index is 0.0122. The summed E-state index contributed by atoms with van der Waals surface area (Å²) in [6.07, 6.45) is 4.01.